The molecule has 0 spiro atoms. The fourth-order valence-corrected chi connectivity index (χ4v) is 2.32. The minimum Gasteiger partial charge on any atom is -0.392 e. The van der Waals surface area contributed by atoms with Gasteiger partial charge in [-0.3, -0.25) is 0 Å². The lowest BCUT2D eigenvalue weighted by molar-refractivity contribution is 0.176. The fourth-order valence-electron chi connectivity index (χ4n) is 2.32. The van der Waals surface area contributed by atoms with E-state index in [-0.39, 0.29) is 5.92 Å². The Morgan fingerprint density at radius 1 is 0.800 bits per heavy atom. The summed E-state index contributed by atoms with van der Waals surface area (Å²) in [6, 6.07) is 15.4. The van der Waals surface area contributed by atoms with Gasteiger partial charge in [0.1, 0.15) is 0 Å². The normalized spacial score (nSPS) is 11.7. The van der Waals surface area contributed by atoms with Gasteiger partial charge in [-0.05, 0) is 42.3 Å². The zero-order chi connectivity index (χ0) is 14.5. The van der Waals surface area contributed by atoms with Crippen LogP contribution in [-0.2, 0) is 0 Å². The number of hydrogen-bond acceptors (Lipinski definition) is 1. The van der Waals surface area contributed by atoms with E-state index < -0.39 is 6.10 Å². The first kappa shape index (κ1) is 13.9. The summed E-state index contributed by atoms with van der Waals surface area (Å²) in [5.41, 5.74) is 3.74. The quantitative estimate of drug-likeness (QED) is 0.840. The molecule has 2 aromatic carbocycles. The van der Waals surface area contributed by atoms with Crippen LogP contribution in [0.15, 0.2) is 48.5 Å². The number of hydrogen-bond donors (Lipinski definition) is 1. The lowest BCUT2D eigenvalue weighted by Crippen LogP contribution is -2.16. The molecule has 2 aromatic rings. The first-order valence-corrected chi connectivity index (χ1v) is 6.47. The Labute approximate surface area is 120 Å². The molecule has 0 bridgehead atoms. The molecular formula is C19H16O. The molecule has 20 heavy (non-hydrogen) atoms. The summed E-state index contributed by atoms with van der Waals surface area (Å²) in [5.74, 6) is 5.10. The summed E-state index contributed by atoms with van der Waals surface area (Å²) in [5, 5.41) is 10.1. The van der Waals surface area contributed by atoms with Crippen molar-refractivity contribution in [2.24, 2.45) is 0 Å². The maximum Gasteiger partial charge on any atom is 0.0621 e. The Kier molecular flexibility index (Phi) is 4.26. The van der Waals surface area contributed by atoms with E-state index in [2.05, 4.69) is 11.8 Å². The van der Waals surface area contributed by atoms with Crippen LogP contribution in [0.5, 0.6) is 0 Å². The number of aliphatic hydroxyl groups excluding tert-OH is 1. The highest BCUT2D eigenvalue weighted by molar-refractivity contribution is 5.42. The van der Waals surface area contributed by atoms with Crippen LogP contribution in [0, 0.1) is 24.7 Å². The SMILES string of the molecule is C#Cc1ccc(C(c2ccc(C#C)cc2)C(C)O)cc1. The van der Waals surface area contributed by atoms with Crippen LogP contribution in [0.2, 0.25) is 0 Å². The molecule has 2 rings (SSSR count). The van der Waals surface area contributed by atoms with Crippen molar-refractivity contribution >= 4 is 0 Å². The third-order valence-electron chi connectivity index (χ3n) is 3.36. The number of aliphatic hydroxyl groups is 1. The van der Waals surface area contributed by atoms with Gasteiger partial charge in [-0.1, -0.05) is 36.1 Å². The standard InChI is InChI=1S/C19H16O/c1-4-15-6-10-17(11-7-15)19(14(3)20)18-12-8-16(5-2)9-13-18/h1-2,6-14,19-20H,3H3. The third kappa shape index (κ3) is 2.91. The zero-order valence-electron chi connectivity index (χ0n) is 11.4. The molecule has 0 aliphatic carbocycles. The predicted molar refractivity (Wildman–Crippen MR) is 82.3 cm³/mol. The number of benzene rings is 2. The van der Waals surface area contributed by atoms with Crippen molar-refractivity contribution in [2.45, 2.75) is 18.9 Å². The van der Waals surface area contributed by atoms with Gasteiger partial charge in [0.2, 0.25) is 0 Å². The van der Waals surface area contributed by atoms with E-state index in [4.69, 9.17) is 12.8 Å². The highest BCUT2D eigenvalue weighted by Gasteiger charge is 2.19. The highest BCUT2D eigenvalue weighted by atomic mass is 16.3. The molecule has 0 amide bonds. The Morgan fingerprint density at radius 3 is 1.40 bits per heavy atom. The van der Waals surface area contributed by atoms with Crippen molar-refractivity contribution < 1.29 is 5.11 Å². The van der Waals surface area contributed by atoms with E-state index in [1.54, 1.807) is 6.92 Å². The molecule has 1 unspecified atom stereocenters. The molecule has 0 fully saturated rings. The molecule has 0 aromatic heterocycles. The van der Waals surface area contributed by atoms with Crippen molar-refractivity contribution in [3.05, 3.63) is 70.8 Å². The topological polar surface area (TPSA) is 20.2 Å². The Bertz CT molecular complexity index is 591. The van der Waals surface area contributed by atoms with Crippen LogP contribution in [0.3, 0.4) is 0 Å². The van der Waals surface area contributed by atoms with Crippen LogP contribution in [-0.4, -0.2) is 11.2 Å². The minimum absolute atomic E-state index is 0.0892. The van der Waals surface area contributed by atoms with Gasteiger partial charge < -0.3 is 5.11 Å². The van der Waals surface area contributed by atoms with Gasteiger partial charge >= 0.3 is 0 Å². The molecule has 0 heterocycles. The highest BCUT2D eigenvalue weighted by Crippen LogP contribution is 2.28. The molecule has 1 nitrogen and oxygen atoms in total. The molecular weight excluding hydrogens is 244 g/mol. The smallest absolute Gasteiger partial charge is 0.0621 e. The summed E-state index contributed by atoms with van der Waals surface area (Å²) in [6.45, 7) is 1.79. The van der Waals surface area contributed by atoms with Gasteiger partial charge in [-0.25, -0.2) is 0 Å². The molecule has 0 saturated heterocycles. The summed E-state index contributed by atoms with van der Waals surface area (Å²) >= 11 is 0. The van der Waals surface area contributed by atoms with Gasteiger partial charge in [0.05, 0.1) is 6.10 Å². The lowest BCUT2D eigenvalue weighted by Gasteiger charge is -2.21. The van der Waals surface area contributed by atoms with E-state index in [0.29, 0.717) is 0 Å². The van der Waals surface area contributed by atoms with Gasteiger partial charge in [0.25, 0.3) is 0 Å². The van der Waals surface area contributed by atoms with Gasteiger partial charge in [0, 0.05) is 17.0 Å². The first-order valence-electron chi connectivity index (χ1n) is 6.47. The van der Waals surface area contributed by atoms with Gasteiger partial charge in [-0.2, -0.15) is 0 Å². The number of rotatable bonds is 3. The summed E-state index contributed by atoms with van der Waals surface area (Å²) in [4.78, 5) is 0. The maximum atomic E-state index is 10.1. The van der Waals surface area contributed by atoms with Crippen molar-refractivity contribution in [2.75, 3.05) is 0 Å². The Balaban J connectivity index is 2.39. The Hall–Kier alpha value is -2.48. The van der Waals surface area contributed by atoms with Crippen molar-refractivity contribution in [1.82, 2.24) is 0 Å². The van der Waals surface area contributed by atoms with Gasteiger partial charge in [-0.15, -0.1) is 12.8 Å². The minimum atomic E-state index is -0.497. The molecule has 0 aliphatic heterocycles. The van der Waals surface area contributed by atoms with Crippen molar-refractivity contribution in [3.63, 3.8) is 0 Å². The Morgan fingerprint density at radius 2 is 1.15 bits per heavy atom. The molecule has 1 heteroatoms. The van der Waals surface area contributed by atoms with E-state index >= 15 is 0 Å². The average Bonchev–Trinajstić information content (AvgIpc) is 2.48. The van der Waals surface area contributed by atoms with E-state index in [0.717, 1.165) is 22.3 Å². The maximum absolute atomic E-state index is 10.1. The molecule has 1 N–H and O–H groups in total. The number of terminal acetylenes is 2. The van der Waals surface area contributed by atoms with Crippen LogP contribution >= 0.6 is 0 Å². The average molecular weight is 260 g/mol. The zero-order valence-corrected chi connectivity index (χ0v) is 11.4. The first-order chi connectivity index (χ1) is 9.65. The molecule has 0 aliphatic rings. The molecule has 98 valence electrons. The summed E-state index contributed by atoms with van der Waals surface area (Å²) in [7, 11) is 0. The monoisotopic (exact) mass is 260 g/mol. The summed E-state index contributed by atoms with van der Waals surface area (Å²) in [6.07, 6.45) is 10.2. The third-order valence-corrected chi connectivity index (χ3v) is 3.36. The molecule has 0 saturated carbocycles. The van der Waals surface area contributed by atoms with E-state index in [9.17, 15) is 5.11 Å². The second-order valence-corrected chi connectivity index (χ2v) is 4.75. The lowest BCUT2D eigenvalue weighted by atomic mass is 9.86. The van der Waals surface area contributed by atoms with Crippen molar-refractivity contribution in [1.29, 1.82) is 0 Å². The van der Waals surface area contributed by atoms with Crippen LogP contribution in [0.1, 0.15) is 35.1 Å². The summed E-state index contributed by atoms with van der Waals surface area (Å²) < 4.78 is 0. The molecule has 1 atom stereocenters. The fraction of sp³-hybridized carbons (Fsp3) is 0.158. The largest absolute Gasteiger partial charge is 0.392 e. The second kappa shape index (κ2) is 6.11. The predicted octanol–water partition coefficient (Wildman–Crippen LogP) is 3.16. The van der Waals surface area contributed by atoms with E-state index in [1.807, 2.05) is 48.5 Å². The molecule has 0 radical (unpaired) electrons. The van der Waals surface area contributed by atoms with Crippen molar-refractivity contribution in [3.8, 4) is 24.7 Å². The van der Waals surface area contributed by atoms with Crippen LogP contribution in [0.25, 0.3) is 0 Å². The van der Waals surface area contributed by atoms with E-state index in [1.165, 1.54) is 0 Å². The van der Waals surface area contributed by atoms with Crippen LogP contribution in [0.4, 0.5) is 0 Å². The second-order valence-electron chi connectivity index (χ2n) is 4.75. The van der Waals surface area contributed by atoms with Crippen LogP contribution < -0.4 is 0 Å². The van der Waals surface area contributed by atoms with Gasteiger partial charge in [0.15, 0.2) is 0 Å².